The van der Waals surface area contributed by atoms with Gasteiger partial charge in [0.25, 0.3) is 0 Å². The van der Waals surface area contributed by atoms with Gasteiger partial charge in [0.15, 0.2) is 11.1 Å². The lowest BCUT2D eigenvalue weighted by Crippen LogP contribution is -2.37. The number of hydrogen-bond donors (Lipinski definition) is 2. The van der Waals surface area contributed by atoms with E-state index in [-0.39, 0.29) is 5.95 Å². The lowest BCUT2D eigenvalue weighted by molar-refractivity contribution is 0.122. The Hall–Kier alpha value is -3.15. The van der Waals surface area contributed by atoms with Crippen molar-refractivity contribution in [1.29, 1.82) is 0 Å². The zero-order valence-corrected chi connectivity index (χ0v) is 17.5. The fraction of sp³-hybridized carbons (Fsp3) is 0.300. The van der Waals surface area contributed by atoms with Gasteiger partial charge in [-0.15, -0.1) is 0 Å². The normalized spacial score (nSPS) is 16.9. The molecule has 1 saturated heterocycles. The van der Waals surface area contributed by atoms with Gasteiger partial charge in [-0.1, -0.05) is 6.07 Å². The number of fused-ring (bicyclic) bond motifs is 1. The molecule has 11 heteroatoms. The summed E-state index contributed by atoms with van der Waals surface area (Å²) in [5, 5.41) is 0. The van der Waals surface area contributed by atoms with E-state index in [1.807, 2.05) is 6.07 Å². The first-order chi connectivity index (χ1) is 15.1. The Bertz CT molecular complexity index is 1140. The van der Waals surface area contributed by atoms with Crippen LogP contribution in [0.25, 0.3) is 11.3 Å². The number of benzene rings is 1. The van der Waals surface area contributed by atoms with E-state index in [2.05, 4.69) is 19.8 Å². The number of anilines is 4. The first kappa shape index (κ1) is 19.8. The maximum absolute atomic E-state index is 11.6. The monoisotopic (exact) mass is 439 g/mol. The highest BCUT2D eigenvalue weighted by molar-refractivity contribution is 7.79. The first-order valence-electron chi connectivity index (χ1n) is 9.90. The molecule has 2 aromatic heterocycles. The third kappa shape index (κ3) is 3.82. The molecule has 0 amide bonds. The van der Waals surface area contributed by atoms with Gasteiger partial charge in [-0.05, 0) is 24.6 Å². The van der Waals surface area contributed by atoms with E-state index in [9.17, 15) is 8.76 Å². The van der Waals surface area contributed by atoms with Gasteiger partial charge in [0.05, 0.1) is 23.8 Å². The number of ether oxygens (including phenoxy) is 1. The van der Waals surface area contributed by atoms with Gasteiger partial charge in [-0.25, -0.2) is 19.2 Å². The van der Waals surface area contributed by atoms with Crippen molar-refractivity contribution >= 4 is 34.5 Å². The van der Waals surface area contributed by atoms with Crippen molar-refractivity contribution in [2.75, 3.05) is 48.4 Å². The molecule has 0 aliphatic carbocycles. The van der Waals surface area contributed by atoms with Crippen molar-refractivity contribution in [3.63, 3.8) is 0 Å². The van der Waals surface area contributed by atoms with Crippen molar-refractivity contribution in [3.05, 3.63) is 42.2 Å². The average Bonchev–Trinajstić information content (AvgIpc) is 3.24. The minimum atomic E-state index is -2.05. The molecule has 2 aliphatic rings. The summed E-state index contributed by atoms with van der Waals surface area (Å²) in [7, 11) is 0. The number of nitrogens with two attached hydrogens (primary N) is 1. The second-order valence-corrected chi connectivity index (χ2v) is 8.22. The third-order valence-corrected chi connectivity index (χ3v) is 6.04. The average molecular weight is 440 g/mol. The van der Waals surface area contributed by atoms with Gasteiger partial charge in [-0.3, -0.25) is 0 Å². The van der Waals surface area contributed by atoms with E-state index < -0.39 is 11.1 Å². The molecule has 2 aliphatic heterocycles. The summed E-state index contributed by atoms with van der Waals surface area (Å²) in [4.78, 5) is 22.5. The number of nitrogens with zero attached hydrogens (tertiary/aromatic N) is 6. The number of nitrogen functional groups attached to an aromatic ring is 1. The Labute approximate surface area is 181 Å². The van der Waals surface area contributed by atoms with Gasteiger partial charge in [0.2, 0.25) is 11.9 Å². The summed E-state index contributed by atoms with van der Waals surface area (Å²) in [5.41, 5.74) is 9.01. The predicted octanol–water partition coefficient (Wildman–Crippen LogP) is 1.63. The molecule has 1 atom stereocenters. The number of morpholine rings is 1. The Morgan fingerprint density at radius 3 is 2.61 bits per heavy atom. The van der Waals surface area contributed by atoms with Gasteiger partial charge in [-0.2, -0.15) is 4.98 Å². The van der Waals surface area contributed by atoms with Crippen molar-refractivity contribution in [1.82, 2.24) is 19.9 Å². The maximum Gasteiger partial charge on any atom is 0.228 e. The minimum absolute atomic E-state index is 0.207. The van der Waals surface area contributed by atoms with Crippen LogP contribution in [0, 0.1) is 0 Å². The van der Waals surface area contributed by atoms with Crippen molar-refractivity contribution in [2.24, 2.45) is 0 Å². The molecule has 0 radical (unpaired) electrons. The van der Waals surface area contributed by atoms with E-state index in [0.29, 0.717) is 43.7 Å². The molecule has 1 unspecified atom stereocenters. The highest BCUT2D eigenvalue weighted by Gasteiger charge is 2.29. The highest BCUT2D eigenvalue weighted by atomic mass is 32.2. The standard InChI is InChI=1S/C20H21N7O3S/c21-19-22-11-13(12-23-19)17-16-4-5-27(14-2-1-3-15(10-14)31(28)29)18(16)25-20(24-17)26-6-8-30-9-7-26/h1-3,10-12H,4-9H2,(H,28,29)(H2,21,22,23). The predicted molar refractivity (Wildman–Crippen MR) is 117 cm³/mol. The number of aromatic nitrogens is 4. The van der Waals surface area contributed by atoms with Crippen LogP contribution in [0.2, 0.25) is 0 Å². The fourth-order valence-corrected chi connectivity index (χ4v) is 4.28. The van der Waals surface area contributed by atoms with Gasteiger partial charge in [0.1, 0.15) is 5.82 Å². The van der Waals surface area contributed by atoms with Crippen molar-refractivity contribution < 1.29 is 13.5 Å². The molecule has 31 heavy (non-hydrogen) atoms. The topological polar surface area (TPSA) is 131 Å². The van der Waals surface area contributed by atoms with E-state index in [4.69, 9.17) is 20.4 Å². The molecule has 3 aromatic rings. The highest BCUT2D eigenvalue weighted by Crippen LogP contribution is 2.39. The van der Waals surface area contributed by atoms with Crippen LogP contribution in [-0.2, 0) is 22.2 Å². The molecule has 0 bridgehead atoms. The molecule has 1 aromatic carbocycles. The van der Waals surface area contributed by atoms with Crippen molar-refractivity contribution in [3.8, 4) is 11.3 Å². The molecule has 160 valence electrons. The maximum atomic E-state index is 11.6. The zero-order chi connectivity index (χ0) is 21.4. The van der Waals surface area contributed by atoms with Crippen LogP contribution in [-0.4, -0.2) is 61.5 Å². The smallest absolute Gasteiger partial charge is 0.228 e. The van der Waals surface area contributed by atoms with Crippen LogP contribution in [0.3, 0.4) is 0 Å². The Kier molecular flexibility index (Phi) is 5.22. The van der Waals surface area contributed by atoms with Gasteiger partial charge in [0, 0.05) is 48.8 Å². The van der Waals surface area contributed by atoms with Crippen LogP contribution >= 0.6 is 0 Å². The Morgan fingerprint density at radius 2 is 1.87 bits per heavy atom. The second kappa shape index (κ2) is 8.17. The second-order valence-electron chi connectivity index (χ2n) is 7.25. The molecule has 1 fully saturated rings. The number of hydrogen-bond acceptors (Lipinski definition) is 9. The Morgan fingerprint density at radius 1 is 1.10 bits per heavy atom. The van der Waals surface area contributed by atoms with Gasteiger partial charge < -0.3 is 24.8 Å². The molecule has 0 saturated carbocycles. The summed E-state index contributed by atoms with van der Waals surface area (Å²) in [5.74, 6) is 1.60. The van der Waals surface area contributed by atoms with Crippen LogP contribution in [0.1, 0.15) is 5.56 Å². The quantitative estimate of drug-likeness (QED) is 0.578. The first-order valence-corrected chi connectivity index (χ1v) is 11.0. The minimum Gasteiger partial charge on any atom is -0.378 e. The lowest BCUT2D eigenvalue weighted by Gasteiger charge is -2.28. The van der Waals surface area contributed by atoms with E-state index in [1.165, 1.54) is 0 Å². The summed E-state index contributed by atoms with van der Waals surface area (Å²) in [6.07, 6.45) is 4.07. The zero-order valence-electron chi connectivity index (χ0n) is 16.6. The molecular weight excluding hydrogens is 418 g/mol. The molecule has 4 heterocycles. The van der Waals surface area contributed by atoms with Crippen LogP contribution in [0.5, 0.6) is 0 Å². The summed E-state index contributed by atoms with van der Waals surface area (Å²) in [6, 6.07) is 7.03. The SMILES string of the molecule is Nc1ncc(-c2nc(N3CCOCC3)nc3c2CCN3c2cccc(S(=O)O)c2)cn1. The summed E-state index contributed by atoms with van der Waals surface area (Å²) in [6.45, 7) is 3.33. The molecular formula is C20H21N7O3S. The summed E-state index contributed by atoms with van der Waals surface area (Å²) >= 11 is -2.05. The third-order valence-electron chi connectivity index (χ3n) is 5.38. The van der Waals surface area contributed by atoms with Crippen LogP contribution in [0.4, 0.5) is 23.4 Å². The number of rotatable bonds is 4. The Balaban J connectivity index is 1.63. The van der Waals surface area contributed by atoms with E-state index >= 15 is 0 Å². The van der Waals surface area contributed by atoms with Crippen LogP contribution in [0.15, 0.2) is 41.6 Å². The lowest BCUT2D eigenvalue weighted by atomic mass is 10.1. The van der Waals surface area contributed by atoms with E-state index in [0.717, 1.165) is 34.7 Å². The molecule has 0 spiro atoms. The largest absolute Gasteiger partial charge is 0.378 e. The van der Waals surface area contributed by atoms with Gasteiger partial charge >= 0.3 is 0 Å². The molecule has 5 rings (SSSR count). The fourth-order valence-electron chi connectivity index (χ4n) is 3.86. The molecule has 3 N–H and O–H groups in total. The summed E-state index contributed by atoms with van der Waals surface area (Å²) < 4.78 is 26.5. The van der Waals surface area contributed by atoms with Crippen molar-refractivity contribution in [2.45, 2.75) is 11.3 Å². The molecule has 10 nitrogen and oxygen atoms in total. The van der Waals surface area contributed by atoms with E-state index in [1.54, 1.807) is 30.6 Å². The van der Waals surface area contributed by atoms with Crippen LogP contribution < -0.4 is 15.5 Å².